The molecule has 0 saturated carbocycles. The Labute approximate surface area is 65.1 Å². The molecule has 2 N–H and O–H groups in total. The average Bonchev–Trinajstić information content (AvgIpc) is 2.01. The summed E-state index contributed by atoms with van der Waals surface area (Å²) in [5.41, 5.74) is 6.69. The number of hydrogen-bond donors (Lipinski definition) is 1. The zero-order valence-corrected chi connectivity index (χ0v) is 6.14. The average molecular weight is 150 g/mol. The first-order chi connectivity index (χ1) is 5.36. The van der Waals surface area contributed by atoms with Crippen LogP contribution in [-0.4, -0.2) is 29.1 Å². The van der Waals surface area contributed by atoms with E-state index in [0.717, 1.165) is 18.8 Å². The molecule has 0 atom stereocenters. The molecule has 0 amide bonds. The summed E-state index contributed by atoms with van der Waals surface area (Å²) in [6, 6.07) is 0.329. The van der Waals surface area contributed by atoms with Crippen LogP contribution in [0.15, 0.2) is 18.7 Å². The van der Waals surface area contributed by atoms with E-state index in [2.05, 4.69) is 14.9 Å². The zero-order valence-electron chi connectivity index (χ0n) is 6.14. The van der Waals surface area contributed by atoms with Gasteiger partial charge in [-0.25, -0.2) is 9.97 Å². The van der Waals surface area contributed by atoms with Crippen LogP contribution in [-0.2, 0) is 0 Å². The first-order valence-corrected chi connectivity index (χ1v) is 3.62. The summed E-state index contributed by atoms with van der Waals surface area (Å²) in [6.45, 7) is 1.85. The van der Waals surface area contributed by atoms with Crippen LogP contribution in [0.4, 0.5) is 5.69 Å². The molecule has 4 heteroatoms. The molecule has 0 bridgehead atoms. The van der Waals surface area contributed by atoms with Gasteiger partial charge in [0.2, 0.25) is 0 Å². The topological polar surface area (TPSA) is 55.0 Å². The van der Waals surface area contributed by atoms with Crippen molar-refractivity contribution in [3.05, 3.63) is 18.7 Å². The second kappa shape index (κ2) is 2.47. The Kier molecular flexibility index (Phi) is 1.47. The molecule has 58 valence electrons. The third kappa shape index (κ3) is 1.17. The molecule has 11 heavy (non-hydrogen) atoms. The van der Waals surface area contributed by atoms with Crippen LogP contribution >= 0.6 is 0 Å². The lowest BCUT2D eigenvalue weighted by Crippen LogP contribution is -2.55. The monoisotopic (exact) mass is 150 g/mol. The maximum atomic E-state index is 5.62. The van der Waals surface area contributed by atoms with E-state index in [9.17, 15) is 0 Å². The minimum absolute atomic E-state index is 0.329. The molecule has 2 heterocycles. The number of aromatic nitrogens is 2. The summed E-state index contributed by atoms with van der Waals surface area (Å²) in [7, 11) is 0. The summed E-state index contributed by atoms with van der Waals surface area (Å²) in [5, 5.41) is 0. The largest absolute Gasteiger partial charge is 0.366 e. The summed E-state index contributed by atoms with van der Waals surface area (Å²) >= 11 is 0. The normalized spacial score (nSPS) is 18.1. The van der Waals surface area contributed by atoms with Crippen molar-refractivity contribution in [3.63, 3.8) is 0 Å². The molecule has 2 rings (SSSR count). The van der Waals surface area contributed by atoms with Crippen molar-refractivity contribution in [1.82, 2.24) is 9.97 Å². The highest BCUT2D eigenvalue weighted by molar-refractivity contribution is 5.45. The molecule has 1 aromatic rings. The van der Waals surface area contributed by atoms with Crippen molar-refractivity contribution in [2.75, 3.05) is 18.0 Å². The van der Waals surface area contributed by atoms with E-state index >= 15 is 0 Å². The van der Waals surface area contributed by atoms with Crippen molar-refractivity contribution in [2.45, 2.75) is 6.04 Å². The van der Waals surface area contributed by atoms with Crippen molar-refractivity contribution in [3.8, 4) is 0 Å². The third-order valence-corrected chi connectivity index (χ3v) is 1.82. The van der Waals surface area contributed by atoms with E-state index in [4.69, 9.17) is 5.73 Å². The van der Waals surface area contributed by atoms with Gasteiger partial charge in [-0.2, -0.15) is 0 Å². The van der Waals surface area contributed by atoms with E-state index in [-0.39, 0.29) is 0 Å². The van der Waals surface area contributed by atoms with Gasteiger partial charge in [0.05, 0.1) is 18.1 Å². The van der Waals surface area contributed by atoms with Gasteiger partial charge in [-0.05, 0) is 0 Å². The Morgan fingerprint density at radius 2 is 2.00 bits per heavy atom. The quantitative estimate of drug-likeness (QED) is 0.593. The van der Waals surface area contributed by atoms with Gasteiger partial charge in [0, 0.05) is 19.1 Å². The first-order valence-electron chi connectivity index (χ1n) is 3.62. The van der Waals surface area contributed by atoms with Crippen LogP contribution in [0.5, 0.6) is 0 Å². The fourth-order valence-electron chi connectivity index (χ4n) is 1.18. The van der Waals surface area contributed by atoms with Gasteiger partial charge in [-0.15, -0.1) is 0 Å². The van der Waals surface area contributed by atoms with E-state index in [1.54, 1.807) is 12.4 Å². The number of nitrogens with two attached hydrogens (primary N) is 1. The standard InChI is InChI=1S/C7H10N4/c8-6-3-11(4-6)7-1-9-5-10-2-7/h1-2,5-6H,3-4,8H2. The molecule has 1 aliphatic heterocycles. The van der Waals surface area contributed by atoms with Crippen molar-refractivity contribution in [1.29, 1.82) is 0 Å². The lowest BCUT2D eigenvalue weighted by atomic mass is 10.1. The van der Waals surface area contributed by atoms with Gasteiger partial charge >= 0.3 is 0 Å². The third-order valence-electron chi connectivity index (χ3n) is 1.82. The Morgan fingerprint density at radius 1 is 1.36 bits per heavy atom. The van der Waals surface area contributed by atoms with Gasteiger partial charge in [-0.1, -0.05) is 0 Å². The van der Waals surface area contributed by atoms with E-state index < -0.39 is 0 Å². The van der Waals surface area contributed by atoms with Gasteiger partial charge in [0.25, 0.3) is 0 Å². The summed E-state index contributed by atoms with van der Waals surface area (Å²) in [5.74, 6) is 0. The van der Waals surface area contributed by atoms with Crippen LogP contribution in [0, 0.1) is 0 Å². The highest BCUT2D eigenvalue weighted by Crippen LogP contribution is 2.16. The summed E-state index contributed by atoms with van der Waals surface area (Å²) in [6.07, 6.45) is 5.14. The maximum Gasteiger partial charge on any atom is 0.115 e. The van der Waals surface area contributed by atoms with Crippen molar-refractivity contribution < 1.29 is 0 Å². The van der Waals surface area contributed by atoms with E-state index in [0.29, 0.717) is 6.04 Å². The van der Waals surface area contributed by atoms with Gasteiger partial charge in [0.15, 0.2) is 0 Å². The Hall–Kier alpha value is -1.16. The van der Waals surface area contributed by atoms with Gasteiger partial charge < -0.3 is 10.6 Å². The maximum absolute atomic E-state index is 5.62. The lowest BCUT2D eigenvalue weighted by molar-refractivity contribution is 0.518. The zero-order chi connectivity index (χ0) is 7.68. The lowest BCUT2D eigenvalue weighted by Gasteiger charge is -2.38. The predicted molar refractivity (Wildman–Crippen MR) is 42.2 cm³/mol. The van der Waals surface area contributed by atoms with Crippen LogP contribution < -0.4 is 10.6 Å². The van der Waals surface area contributed by atoms with E-state index in [1.165, 1.54) is 6.33 Å². The van der Waals surface area contributed by atoms with Crippen LogP contribution in [0.3, 0.4) is 0 Å². The first kappa shape index (κ1) is 6.54. The molecule has 4 nitrogen and oxygen atoms in total. The molecule has 0 radical (unpaired) electrons. The number of rotatable bonds is 1. The molecule has 1 fully saturated rings. The molecule has 1 saturated heterocycles. The predicted octanol–water partition coefficient (Wildman–Crippen LogP) is -0.376. The van der Waals surface area contributed by atoms with Crippen LogP contribution in [0.25, 0.3) is 0 Å². The highest BCUT2D eigenvalue weighted by atomic mass is 15.2. The molecular weight excluding hydrogens is 140 g/mol. The Balaban J connectivity index is 2.08. The number of anilines is 1. The highest BCUT2D eigenvalue weighted by Gasteiger charge is 2.22. The molecule has 0 aromatic carbocycles. The van der Waals surface area contributed by atoms with E-state index in [1.807, 2.05) is 0 Å². The summed E-state index contributed by atoms with van der Waals surface area (Å²) < 4.78 is 0. The molecule has 1 aromatic heterocycles. The summed E-state index contributed by atoms with van der Waals surface area (Å²) in [4.78, 5) is 10.00. The SMILES string of the molecule is NC1CN(c2cncnc2)C1. The minimum Gasteiger partial charge on any atom is -0.366 e. The van der Waals surface area contributed by atoms with Gasteiger partial charge in [-0.3, -0.25) is 0 Å². The van der Waals surface area contributed by atoms with Crippen molar-refractivity contribution in [2.24, 2.45) is 5.73 Å². The second-order valence-corrected chi connectivity index (χ2v) is 2.76. The van der Waals surface area contributed by atoms with Gasteiger partial charge in [0.1, 0.15) is 6.33 Å². The minimum atomic E-state index is 0.329. The molecular formula is C7H10N4. The number of nitrogens with zero attached hydrogens (tertiary/aromatic N) is 3. The Bertz CT molecular complexity index is 229. The Morgan fingerprint density at radius 3 is 2.55 bits per heavy atom. The molecule has 0 spiro atoms. The fraction of sp³-hybridized carbons (Fsp3) is 0.429. The molecule has 0 unspecified atom stereocenters. The molecule has 1 aliphatic rings. The molecule has 0 aliphatic carbocycles. The fourth-order valence-corrected chi connectivity index (χ4v) is 1.18. The smallest absolute Gasteiger partial charge is 0.115 e. The van der Waals surface area contributed by atoms with Crippen LogP contribution in [0.2, 0.25) is 0 Å². The van der Waals surface area contributed by atoms with Crippen molar-refractivity contribution >= 4 is 5.69 Å². The van der Waals surface area contributed by atoms with Crippen LogP contribution in [0.1, 0.15) is 0 Å². The second-order valence-electron chi connectivity index (χ2n) is 2.76. The number of hydrogen-bond acceptors (Lipinski definition) is 4.